The molecule has 110 valence electrons. The van der Waals surface area contributed by atoms with Crippen molar-refractivity contribution in [1.29, 1.82) is 0 Å². The van der Waals surface area contributed by atoms with Crippen LogP contribution >= 0.6 is 0 Å². The summed E-state index contributed by atoms with van der Waals surface area (Å²) in [5.41, 5.74) is 2.63. The Bertz CT molecular complexity index is 768. The van der Waals surface area contributed by atoms with Crippen LogP contribution in [0.2, 0.25) is 0 Å². The fourth-order valence-electron chi connectivity index (χ4n) is 3.09. The number of methoxy groups -OCH3 is 1. The first kappa shape index (κ1) is 13.0. The smallest absolute Gasteiger partial charge is 0.261 e. The highest BCUT2D eigenvalue weighted by atomic mass is 16.5. The van der Waals surface area contributed by atoms with E-state index < -0.39 is 0 Å². The largest absolute Gasteiger partial charge is 0.497 e. The minimum absolute atomic E-state index is 0.0635. The lowest BCUT2D eigenvalue weighted by Gasteiger charge is -2.37. The quantitative estimate of drug-likeness (QED) is 0.849. The second-order valence-electron chi connectivity index (χ2n) is 5.36. The van der Waals surface area contributed by atoms with Gasteiger partial charge < -0.3 is 4.74 Å². The lowest BCUT2D eigenvalue weighted by atomic mass is 10.1. The summed E-state index contributed by atoms with van der Waals surface area (Å²) in [5, 5.41) is 0. The number of para-hydroxylation sites is 1. The molecule has 0 aliphatic carbocycles. The number of fused-ring (bicyclic) bond motifs is 2. The van der Waals surface area contributed by atoms with E-state index in [1.54, 1.807) is 7.11 Å². The molecule has 0 unspecified atom stereocenters. The van der Waals surface area contributed by atoms with Gasteiger partial charge in [0.25, 0.3) is 5.91 Å². The van der Waals surface area contributed by atoms with Crippen molar-refractivity contribution in [3.63, 3.8) is 0 Å². The van der Waals surface area contributed by atoms with Gasteiger partial charge in [-0.2, -0.15) is 0 Å². The molecule has 0 N–H and O–H groups in total. The molecule has 0 saturated heterocycles. The fraction of sp³-hybridized carbons (Fsp3) is 0.167. The minimum atomic E-state index is 0.0635. The third-order valence-electron chi connectivity index (χ3n) is 4.12. The summed E-state index contributed by atoms with van der Waals surface area (Å²) in [7, 11) is 1.64. The van der Waals surface area contributed by atoms with E-state index in [4.69, 9.17) is 4.74 Å². The van der Waals surface area contributed by atoms with Crippen LogP contribution < -0.4 is 9.64 Å². The summed E-state index contributed by atoms with van der Waals surface area (Å²) >= 11 is 0. The van der Waals surface area contributed by atoms with Gasteiger partial charge in [0.05, 0.1) is 18.4 Å². The third-order valence-corrected chi connectivity index (χ3v) is 4.12. The Morgan fingerprint density at radius 3 is 2.68 bits per heavy atom. The Morgan fingerprint density at radius 1 is 1.09 bits per heavy atom. The summed E-state index contributed by atoms with van der Waals surface area (Å²) < 4.78 is 5.34. The molecule has 4 rings (SSSR count). The van der Waals surface area contributed by atoms with Crippen LogP contribution in [0.15, 0.2) is 60.4 Å². The summed E-state index contributed by atoms with van der Waals surface area (Å²) in [5.74, 6) is 1.75. The van der Waals surface area contributed by atoms with Gasteiger partial charge in [0.1, 0.15) is 11.6 Å². The van der Waals surface area contributed by atoms with E-state index in [-0.39, 0.29) is 5.91 Å². The van der Waals surface area contributed by atoms with Gasteiger partial charge in [-0.15, -0.1) is 0 Å². The highest BCUT2D eigenvalue weighted by molar-refractivity contribution is 6.05. The Kier molecular flexibility index (Phi) is 2.89. The summed E-state index contributed by atoms with van der Waals surface area (Å²) in [4.78, 5) is 16.7. The van der Waals surface area contributed by atoms with Crippen LogP contribution in [-0.2, 0) is 0 Å². The molecule has 4 heteroatoms. The third kappa shape index (κ3) is 1.80. The maximum Gasteiger partial charge on any atom is 0.261 e. The first-order chi connectivity index (χ1) is 10.8. The molecule has 2 aliphatic heterocycles. The van der Waals surface area contributed by atoms with Gasteiger partial charge in [0, 0.05) is 18.3 Å². The number of nitrogens with zero attached hydrogens (tertiary/aromatic N) is 2. The van der Waals surface area contributed by atoms with Crippen molar-refractivity contribution in [3.8, 4) is 5.75 Å². The molecule has 0 bridgehead atoms. The molecule has 2 heterocycles. The monoisotopic (exact) mass is 292 g/mol. The zero-order valence-corrected chi connectivity index (χ0v) is 12.3. The number of rotatable bonds is 2. The first-order valence-corrected chi connectivity index (χ1v) is 7.35. The predicted octanol–water partition coefficient (Wildman–Crippen LogP) is 3.53. The van der Waals surface area contributed by atoms with Crippen molar-refractivity contribution in [1.82, 2.24) is 4.90 Å². The standard InChI is InChI=1S/C18H16N2O2/c1-22-14-9-10-15-16(12-14)20(13-6-3-2-4-7-13)17-8-5-11-19(17)18(15)21/h2-4,6-10,12H,5,11H2,1H3. The number of carbonyl (C=O) groups is 1. The molecule has 0 fully saturated rings. The van der Waals surface area contributed by atoms with Gasteiger partial charge in [-0.1, -0.05) is 18.2 Å². The van der Waals surface area contributed by atoms with Crippen molar-refractivity contribution in [2.75, 3.05) is 18.6 Å². The maximum absolute atomic E-state index is 12.7. The zero-order valence-electron chi connectivity index (χ0n) is 12.3. The van der Waals surface area contributed by atoms with Crippen LogP contribution in [0.4, 0.5) is 11.4 Å². The van der Waals surface area contributed by atoms with Gasteiger partial charge in [0.2, 0.25) is 0 Å². The zero-order chi connectivity index (χ0) is 15.1. The van der Waals surface area contributed by atoms with E-state index in [2.05, 4.69) is 23.1 Å². The Hall–Kier alpha value is -2.75. The normalized spacial score (nSPS) is 16.2. The van der Waals surface area contributed by atoms with Gasteiger partial charge in [-0.3, -0.25) is 14.6 Å². The second-order valence-corrected chi connectivity index (χ2v) is 5.36. The Balaban J connectivity index is 1.95. The molecule has 0 aromatic heterocycles. The molecule has 2 aromatic carbocycles. The van der Waals surface area contributed by atoms with E-state index in [0.717, 1.165) is 35.9 Å². The van der Waals surface area contributed by atoms with Crippen LogP contribution in [-0.4, -0.2) is 24.5 Å². The molecule has 1 amide bonds. The molecular weight excluding hydrogens is 276 g/mol. The van der Waals surface area contributed by atoms with Gasteiger partial charge in [-0.25, -0.2) is 0 Å². The Labute approximate surface area is 129 Å². The van der Waals surface area contributed by atoms with Crippen molar-refractivity contribution in [2.45, 2.75) is 6.42 Å². The highest BCUT2D eigenvalue weighted by Crippen LogP contribution is 2.42. The molecule has 0 radical (unpaired) electrons. The SMILES string of the molecule is COc1ccc2c(c1)N(c1ccccc1)C1=CCCN1C2=O. The average Bonchev–Trinajstić information content (AvgIpc) is 3.05. The van der Waals surface area contributed by atoms with E-state index in [1.807, 2.05) is 41.3 Å². The number of hydrogen-bond acceptors (Lipinski definition) is 3. The van der Waals surface area contributed by atoms with Crippen LogP contribution in [0.5, 0.6) is 5.75 Å². The van der Waals surface area contributed by atoms with Crippen LogP contribution in [0.3, 0.4) is 0 Å². The number of hydrogen-bond donors (Lipinski definition) is 0. The number of anilines is 2. The van der Waals surface area contributed by atoms with E-state index in [9.17, 15) is 4.79 Å². The van der Waals surface area contributed by atoms with Crippen LogP contribution in [0.25, 0.3) is 0 Å². The van der Waals surface area contributed by atoms with Crippen molar-refractivity contribution >= 4 is 17.3 Å². The maximum atomic E-state index is 12.7. The van der Waals surface area contributed by atoms with Gasteiger partial charge in [0.15, 0.2) is 0 Å². The summed E-state index contributed by atoms with van der Waals surface area (Å²) in [6, 6.07) is 15.7. The molecule has 4 nitrogen and oxygen atoms in total. The minimum Gasteiger partial charge on any atom is -0.497 e. The lowest BCUT2D eigenvalue weighted by molar-refractivity contribution is 0.0809. The molecule has 2 aliphatic rings. The van der Waals surface area contributed by atoms with Gasteiger partial charge >= 0.3 is 0 Å². The number of carbonyl (C=O) groups excluding carboxylic acids is 1. The van der Waals surface area contributed by atoms with E-state index >= 15 is 0 Å². The van der Waals surface area contributed by atoms with Crippen LogP contribution in [0, 0.1) is 0 Å². The van der Waals surface area contributed by atoms with Crippen LogP contribution in [0.1, 0.15) is 16.8 Å². The number of amides is 1. The molecule has 0 saturated carbocycles. The summed E-state index contributed by atoms with van der Waals surface area (Å²) in [6.45, 7) is 0.739. The fourth-order valence-corrected chi connectivity index (χ4v) is 3.09. The molecule has 0 spiro atoms. The lowest BCUT2D eigenvalue weighted by Crippen LogP contribution is -2.40. The number of ether oxygens (including phenoxy) is 1. The second kappa shape index (κ2) is 4.91. The predicted molar refractivity (Wildman–Crippen MR) is 85.3 cm³/mol. The topological polar surface area (TPSA) is 32.8 Å². The highest BCUT2D eigenvalue weighted by Gasteiger charge is 2.36. The molecular formula is C18H16N2O2. The van der Waals surface area contributed by atoms with Crippen molar-refractivity contribution in [2.24, 2.45) is 0 Å². The van der Waals surface area contributed by atoms with Crippen molar-refractivity contribution < 1.29 is 9.53 Å². The summed E-state index contributed by atoms with van der Waals surface area (Å²) in [6.07, 6.45) is 3.00. The van der Waals surface area contributed by atoms with E-state index in [1.165, 1.54) is 0 Å². The Morgan fingerprint density at radius 2 is 1.91 bits per heavy atom. The van der Waals surface area contributed by atoms with Crippen molar-refractivity contribution in [3.05, 3.63) is 66.0 Å². The number of benzene rings is 2. The van der Waals surface area contributed by atoms with Gasteiger partial charge in [-0.05, 0) is 36.8 Å². The average molecular weight is 292 g/mol. The molecule has 22 heavy (non-hydrogen) atoms. The molecule has 2 aromatic rings. The first-order valence-electron chi connectivity index (χ1n) is 7.35. The molecule has 0 atom stereocenters. The van der Waals surface area contributed by atoms with E-state index in [0.29, 0.717) is 5.56 Å².